The summed E-state index contributed by atoms with van der Waals surface area (Å²) >= 11 is 1.44. The molecule has 2 fully saturated rings. The van der Waals surface area contributed by atoms with E-state index in [1.54, 1.807) is 14.2 Å². The first-order chi connectivity index (χ1) is 14.3. The molecule has 0 bridgehead atoms. The van der Waals surface area contributed by atoms with Crippen LogP contribution in [-0.2, 0) is 21.1 Å². The van der Waals surface area contributed by atoms with Crippen LogP contribution in [-0.4, -0.2) is 68.0 Å². The van der Waals surface area contributed by atoms with Gasteiger partial charge in [-0.15, -0.1) is 0 Å². The topological polar surface area (TPSA) is 85.3 Å². The molecule has 2 saturated heterocycles. The Morgan fingerprint density at radius 3 is 2.53 bits per heavy atom. The number of hydrogen-bond acceptors (Lipinski definition) is 6. The van der Waals surface area contributed by atoms with Crippen molar-refractivity contribution in [2.45, 2.75) is 44.4 Å². The molecule has 9 heteroatoms. The minimum atomic E-state index is -3.06. The van der Waals surface area contributed by atoms with Gasteiger partial charge in [-0.3, -0.25) is 4.79 Å². The number of fused-ring (bicyclic) bond motifs is 1. The monoisotopic (exact) mass is 454 g/mol. The molecule has 0 N–H and O–H groups in total. The van der Waals surface area contributed by atoms with Crippen molar-refractivity contribution in [2.75, 3.05) is 32.3 Å². The van der Waals surface area contributed by atoms with Crippen molar-refractivity contribution < 1.29 is 22.7 Å². The highest BCUT2D eigenvalue weighted by Gasteiger charge is 2.48. The molecule has 1 amide bonds. The Kier molecular flexibility index (Phi) is 7.34. The van der Waals surface area contributed by atoms with Crippen LogP contribution < -0.4 is 9.47 Å². The molecule has 166 valence electrons. The average molecular weight is 455 g/mol. The van der Waals surface area contributed by atoms with Crippen LogP contribution >= 0.6 is 11.8 Å². The summed E-state index contributed by atoms with van der Waals surface area (Å²) in [6, 6.07) is 5.63. The molecular weight excluding hydrogens is 424 g/mol. The van der Waals surface area contributed by atoms with E-state index < -0.39 is 9.84 Å². The number of ether oxygens (including phenoxy) is 2. The number of sulfone groups is 1. The first kappa shape index (κ1) is 22.9. The van der Waals surface area contributed by atoms with E-state index in [0.717, 1.165) is 18.4 Å². The summed E-state index contributed by atoms with van der Waals surface area (Å²) in [5, 5.41) is 0.603. The maximum Gasteiger partial charge on any atom is 0.251 e. The molecule has 1 aromatic rings. The van der Waals surface area contributed by atoms with Crippen LogP contribution in [0.25, 0.3) is 0 Å². The van der Waals surface area contributed by atoms with E-state index in [-0.39, 0.29) is 34.6 Å². The van der Waals surface area contributed by atoms with Crippen LogP contribution in [0.3, 0.4) is 0 Å². The van der Waals surface area contributed by atoms with Crippen molar-refractivity contribution in [1.82, 2.24) is 4.90 Å². The number of nitrogens with zero attached hydrogens (tertiary/aromatic N) is 2. The lowest BCUT2D eigenvalue weighted by atomic mass is 10.0. The van der Waals surface area contributed by atoms with E-state index in [1.807, 2.05) is 36.9 Å². The van der Waals surface area contributed by atoms with Crippen LogP contribution in [0.5, 0.6) is 11.5 Å². The summed E-state index contributed by atoms with van der Waals surface area (Å²) in [4.78, 5) is 19.1. The van der Waals surface area contributed by atoms with Gasteiger partial charge in [-0.25, -0.2) is 8.42 Å². The number of amidine groups is 1. The SMILES string of the molecule is CCC(CC)C(=O)N=C1S[C@@H]2CS(=O)(=O)C[C@H]2N1CCc1ccc(OC)c(OC)c1. The molecule has 30 heavy (non-hydrogen) atoms. The van der Waals surface area contributed by atoms with Gasteiger partial charge in [0.1, 0.15) is 0 Å². The number of aliphatic imine (C=N–C) groups is 1. The third-order valence-corrected chi connectivity index (χ3v) is 9.05. The molecule has 0 spiro atoms. The maximum absolute atomic E-state index is 12.6. The fraction of sp³-hybridized carbons (Fsp3) is 0.619. The molecule has 2 aliphatic rings. The van der Waals surface area contributed by atoms with Crippen molar-refractivity contribution in [3.05, 3.63) is 23.8 Å². The first-order valence-electron chi connectivity index (χ1n) is 10.3. The number of benzene rings is 1. The quantitative estimate of drug-likeness (QED) is 0.597. The fourth-order valence-corrected chi connectivity index (χ4v) is 7.99. The van der Waals surface area contributed by atoms with Crippen molar-refractivity contribution in [3.8, 4) is 11.5 Å². The standard InChI is InChI=1S/C21H30N2O5S2/c1-5-15(6-2)20(24)22-21-23(16-12-30(25,26)13-19(16)29-21)10-9-14-7-8-17(27-3)18(11-14)28-4/h7-8,11,15-16,19H,5-6,9-10,12-13H2,1-4H3/t16-,19-/m1/s1. The Labute approximate surface area is 183 Å². The second kappa shape index (κ2) is 9.60. The van der Waals surface area contributed by atoms with Gasteiger partial charge in [0.05, 0.1) is 31.8 Å². The second-order valence-electron chi connectivity index (χ2n) is 7.68. The fourth-order valence-electron chi connectivity index (χ4n) is 4.01. The molecule has 0 aromatic heterocycles. The number of rotatable bonds is 8. The molecule has 0 unspecified atom stereocenters. The molecule has 2 heterocycles. The number of amides is 1. The Bertz CT molecular complexity index is 912. The maximum atomic E-state index is 12.6. The summed E-state index contributed by atoms with van der Waals surface area (Å²) in [5.74, 6) is 1.39. The lowest BCUT2D eigenvalue weighted by Gasteiger charge is -2.25. The van der Waals surface area contributed by atoms with Crippen molar-refractivity contribution >= 4 is 32.7 Å². The summed E-state index contributed by atoms with van der Waals surface area (Å²) in [6.45, 7) is 4.57. The van der Waals surface area contributed by atoms with Crippen LogP contribution in [0.4, 0.5) is 0 Å². The molecule has 2 atom stereocenters. The Hall–Kier alpha value is -1.74. The normalized spacial score (nSPS) is 23.8. The predicted octanol–water partition coefficient (Wildman–Crippen LogP) is 2.78. The molecule has 1 aromatic carbocycles. The number of hydrogen-bond donors (Lipinski definition) is 0. The zero-order valence-corrected chi connectivity index (χ0v) is 19.6. The lowest BCUT2D eigenvalue weighted by molar-refractivity contribution is -0.121. The van der Waals surface area contributed by atoms with E-state index in [9.17, 15) is 13.2 Å². The highest BCUT2D eigenvalue weighted by molar-refractivity contribution is 8.15. The highest BCUT2D eigenvalue weighted by Crippen LogP contribution is 2.38. The van der Waals surface area contributed by atoms with Gasteiger partial charge in [-0.1, -0.05) is 31.7 Å². The average Bonchev–Trinajstić information content (AvgIpc) is 3.17. The zero-order chi connectivity index (χ0) is 21.9. The molecule has 2 aliphatic heterocycles. The smallest absolute Gasteiger partial charge is 0.251 e. The summed E-state index contributed by atoms with van der Waals surface area (Å²) < 4.78 is 35.0. The molecule has 0 radical (unpaired) electrons. The molecule has 7 nitrogen and oxygen atoms in total. The van der Waals surface area contributed by atoms with Crippen molar-refractivity contribution in [2.24, 2.45) is 10.9 Å². The zero-order valence-electron chi connectivity index (χ0n) is 18.0. The Morgan fingerprint density at radius 1 is 1.20 bits per heavy atom. The molecule has 3 rings (SSSR count). The van der Waals surface area contributed by atoms with Crippen molar-refractivity contribution in [1.29, 1.82) is 0 Å². The van der Waals surface area contributed by atoms with Gasteiger partial charge in [-0.2, -0.15) is 4.99 Å². The largest absolute Gasteiger partial charge is 0.493 e. The lowest BCUT2D eigenvalue weighted by Crippen LogP contribution is -2.39. The van der Waals surface area contributed by atoms with Gasteiger partial charge in [0.25, 0.3) is 5.91 Å². The molecule has 0 saturated carbocycles. The molecular formula is C21H30N2O5S2. The second-order valence-corrected chi connectivity index (χ2v) is 11.0. The van der Waals surface area contributed by atoms with E-state index >= 15 is 0 Å². The van der Waals surface area contributed by atoms with E-state index in [4.69, 9.17) is 9.47 Å². The Balaban J connectivity index is 1.81. The van der Waals surface area contributed by atoms with E-state index in [2.05, 4.69) is 4.99 Å². The minimum absolute atomic E-state index is 0.0614. The van der Waals surface area contributed by atoms with Gasteiger partial charge in [0.15, 0.2) is 26.5 Å². The summed E-state index contributed by atoms with van der Waals surface area (Å²) in [6.07, 6.45) is 2.19. The van der Waals surface area contributed by atoms with Crippen LogP contribution in [0.1, 0.15) is 32.3 Å². The third kappa shape index (κ3) is 4.94. The van der Waals surface area contributed by atoms with Gasteiger partial charge in [0.2, 0.25) is 0 Å². The van der Waals surface area contributed by atoms with E-state index in [0.29, 0.717) is 29.6 Å². The summed E-state index contributed by atoms with van der Waals surface area (Å²) in [7, 11) is 0.137. The van der Waals surface area contributed by atoms with E-state index in [1.165, 1.54) is 11.8 Å². The third-order valence-electron chi connectivity index (χ3n) is 5.80. The van der Waals surface area contributed by atoms with Crippen LogP contribution in [0.15, 0.2) is 23.2 Å². The predicted molar refractivity (Wildman–Crippen MR) is 120 cm³/mol. The molecule has 0 aliphatic carbocycles. The van der Waals surface area contributed by atoms with Gasteiger partial charge < -0.3 is 14.4 Å². The highest BCUT2D eigenvalue weighted by atomic mass is 32.2. The summed E-state index contributed by atoms with van der Waals surface area (Å²) in [5.41, 5.74) is 1.05. The minimum Gasteiger partial charge on any atom is -0.493 e. The number of methoxy groups -OCH3 is 2. The first-order valence-corrected chi connectivity index (χ1v) is 13.0. The van der Waals surface area contributed by atoms with Gasteiger partial charge in [-0.05, 0) is 37.0 Å². The number of carbonyl (C=O) groups is 1. The Morgan fingerprint density at radius 2 is 1.90 bits per heavy atom. The van der Waals surface area contributed by atoms with Crippen LogP contribution in [0.2, 0.25) is 0 Å². The van der Waals surface area contributed by atoms with Crippen molar-refractivity contribution in [3.63, 3.8) is 0 Å². The van der Waals surface area contributed by atoms with Crippen LogP contribution in [0, 0.1) is 5.92 Å². The van der Waals surface area contributed by atoms with Gasteiger partial charge >= 0.3 is 0 Å². The number of carbonyl (C=O) groups excluding carboxylic acids is 1. The van der Waals surface area contributed by atoms with Gasteiger partial charge in [0, 0.05) is 17.7 Å². The number of thioether (sulfide) groups is 1.